The molecule has 0 saturated carbocycles. The van der Waals surface area contributed by atoms with Gasteiger partial charge in [-0.25, -0.2) is 0 Å². The molecule has 0 aromatic heterocycles. The van der Waals surface area contributed by atoms with Gasteiger partial charge in [-0.05, 0) is 18.1 Å². The number of ether oxygens (including phenoxy) is 2. The minimum atomic E-state index is -0.0794. The van der Waals surface area contributed by atoms with Crippen LogP contribution in [0.15, 0.2) is 24.3 Å². The van der Waals surface area contributed by atoms with Gasteiger partial charge in [0.25, 0.3) is 0 Å². The highest BCUT2D eigenvalue weighted by molar-refractivity contribution is 5.79. The lowest BCUT2D eigenvalue weighted by molar-refractivity contribution is -0.128. The quantitative estimate of drug-likeness (QED) is 0.823. The monoisotopic (exact) mass is 332 g/mol. The van der Waals surface area contributed by atoms with E-state index in [1.165, 1.54) is 11.1 Å². The Morgan fingerprint density at radius 1 is 1.29 bits per heavy atom. The molecule has 1 aromatic rings. The Morgan fingerprint density at radius 2 is 2.12 bits per heavy atom. The highest BCUT2D eigenvalue weighted by Crippen LogP contribution is 2.34. The van der Waals surface area contributed by atoms with Crippen molar-refractivity contribution in [2.75, 3.05) is 53.1 Å². The standard InChI is InChI=1S/C19H28N2O3/c1-16-5-3-4-6-17(16)12-20-7-10-24-15-19(13-20)11-18(22)21(14-19)8-9-23-2/h3-6H,7-15H2,1-2H3. The second kappa shape index (κ2) is 7.64. The van der Waals surface area contributed by atoms with Crippen LogP contribution in [-0.4, -0.2) is 68.8 Å². The van der Waals surface area contributed by atoms with Crippen LogP contribution >= 0.6 is 0 Å². The van der Waals surface area contributed by atoms with Crippen molar-refractivity contribution in [2.24, 2.45) is 5.41 Å². The normalized spacial score (nSPS) is 25.4. The summed E-state index contributed by atoms with van der Waals surface area (Å²) >= 11 is 0. The Kier molecular flexibility index (Phi) is 5.54. The minimum absolute atomic E-state index is 0.0794. The van der Waals surface area contributed by atoms with E-state index in [-0.39, 0.29) is 11.3 Å². The molecule has 1 amide bonds. The Morgan fingerprint density at radius 3 is 2.92 bits per heavy atom. The summed E-state index contributed by atoms with van der Waals surface area (Å²) < 4.78 is 11.0. The van der Waals surface area contributed by atoms with E-state index in [4.69, 9.17) is 9.47 Å². The molecular formula is C19H28N2O3. The van der Waals surface area contributed by atoms with Crippen molar-refractivity contribution in [3.05, 3.63) is 35.4 Å². The molecule has 1 atom stereocenters. The van der Waals surface area contributed by atoms with Crippen LogP contribution in [0.5, 0.6) is 0 Å². The molecule has 1 unspecified atom stereocenters. The maximum atomic E-state index is 12.4. The van der Waals surface area contributed by atoms with Gasteiger partial charge in [-0.1, -0.05) is 24.3 Å². The molecule has 2 saturated heterocycles. The molecule has 5 nitrogen and oxygen atoms in total. The zero-order valence-electron chi connectivity index (χ0n) is 14.8. The first-order valence-electron chi connectivity index (χ1n) is 8.73. The average Bonchev–Trinajstić information content (AvgIpc) is 2.74. The maximum absolute atomic E-state index is 12.4. The highest BCUT2D eigenvalue weighted by Gasteiger charge is 2.45. The number of aryl methyl sites for hydroxylation is 1. The molecule has 2 aliphatic heterocycles. The number of carbonyl (C=O) groups excluding carboxylic acids is 1. The highest BCUT2D eigenvalue weighted by atomic mass is 16.5. The third kappa shape index (κ3) is 3.97. The fourth-order valence-corrected chi connectivity index (χ4v) is 3.83. The summed E-state index contributed by atoms with van der Waals surface area (Å²) in [4.78, 5) is 16.8. The lowest BCUT2D eigenvalue weighted by Gasteiger charge is -2.31. The van der Waals surface area contributed by atoms with Crippen molar-refractivity contribution in [1.82, 2.24) is 9.80 Å². The predicted molar refractivity (Wildman–Crippen MR) is 92.8 cm³/mol. The lowest BCUT2D eigenvalue weighted by Crippen LogP contribution is -2.41. The third-order valence-corrected chi connectivity index (χ3v) is 5.14. The number of likely N-dealkylation sites (tertiary alicyclic amines) is 1. The Hall–Kier alpha value is -1.43. The molecule has 0 aliphatic carbocycles. The number of nitrogens with zero attached hydrogens (tertiary/aromatic N) is 2. The van der Waals surface area contributed by atoms with Gasteiger partial charge in [0.1, 0.15) is 0 Å². The van der Waals surface area contributed by atoms with Gasteiger partial charge >= 0.3 is 0 Å². The van der Waals surface area contributed by atoms with Crippen LogP contribution in [0.3, 0.4) is 0 Å². The lowest BCUT2D eigenvalue weighted by atomic mass is 9.87. The van der Waals surface area contributed by atoms with Crippen molar-refractivity contribution in [1.29, 1.82) is 0 Å². The fraction of sp³-hybridized carbons (Fsp3) is 0.632. The summed E-state index contributed by atoms with van der Waals surface area (Å²) in [7, 11) is 1.68. The molecule has 2 heterocycles. The number of hydrogen-bond donors (Lipinski definition) is 0. The summed E-state index contributed by atoms with van der Waals surface area (Å²) in [6, 6.07) is 8.52. The van der Waals surface area contributed by atoms with E-state index in [0.717, 1.165) is 32.8 Å². The van der Waals surface area contributed by atoms with E-state index in [1.54, 1.807) is 7.11 Å². The van der Waals surface area contributed by atoms with Gasteiger partial charge < -0.3 is 14.4 Å². The maximum Gasteiger partial charge on any atom is 0.223 e. The van der Waals surface area contributed by atoms with Gasteiger partial charge in [0.2, 0.25) is 5.91 Å². The van der Waals surface area contributed by atoms with Crippen molar-refractivity contribution in [2.45, 2.75) is 19.9 Å². The van der Waals surface area contributed by atoms with Crippen LogP contribution in [0.25, 0.3) is 0 Å². The SMILES string of the molecule is COCCN1CC2(COCCN(Cc3ccccc3C)C2)CC1=O. The third-order valence-electron chi connectivity index (χ3n) is 5.14. The number of methoxy groups -OCH3 is 1. The van der Waals surface area contributed by atoms with Crippen LogP contribution in [0, 0.1) is 12.3 Å². The minimum Gasteiger partial charge on any atom is -0.383 e. The molecule has 5 heteroatoms. The van der Waals surface area contributed by atoms with Crippen LogP contribution < -0.4 is 0 Å². The Labute approximate surface area is 144 Å². The molecular weight excluding hydrogens is 304 g/mol. The zero-order valence-corrected chi connectivity index (χ0v) is 14.8. The zero-order chi connectivity index (χ0) is 17.0. The van der Waals surface area contributed by atoms with Crippen molar-refractivity contribution < 1.29 is 14.3 Å². The van der Waals surface area contributed by atoms with Gasteiger partial charge in [-0.3, -0.25) is 9.69 Å². The van der Waals surface area contributed by atoms with E-state index in [2.05, 4.69) is 36.1 Å². The van der Waals surface area contributed by atoms with E-state index in [0.29, 0.717) is 26.2 Å². The van der Waals surface area contributed by atoms with E-state index in [1.807, 2.05) is 4.90 Å². The summed E-state index contributed by atoms with van der Waals surface area (Å²) in [6.07, 6.45) is 0.584. The Balaban J connectivity index is 1.69. The van der Waals surface area contributed by atoms with Crippen molar-refractivity contribution >= 4 is 5.91 Å². The number of amides is 1. The number of hydrogen-bond acceptors (Lipinski definition) is 4. The summed E-state index contributed by atoms with van der Waals surface area (Å²) in [5, 5.41) is 0. The molecule has 0 N–H and O–H groups in total. The first-order valence-corrected chi connectivity index (χ1v) is 8.73. The number of carbonyl (C=O) groups is 1. The number of benzene rings is 1. The van der Waals surface area contributed by atoms with Gasteiger partial charge in [-0.2, -0.15) is 0 Å². The van der Waals surface area contributed by atoms with Gasteiger partial charge in [0.15, 0.2) is 0 Å². The number of rotatable bonds is 5. The van der Waals surface area contributed by atoms with Crippen LogP contribution in [-0.2, 0) is 20.8 Å². The van der Waals surface area contributed by atoms with Gasteiger partial charge in [0, 0.05) is 51.7 Å². The van der Waals surface area contributed by atoms with Crippen molar-refractivity contribution in [3.8, 4) is 0 Å². The second-order valence-electron chi connectivity index (χ2n) is 7.17. The van der Waals surface area contributed by atoms with E-state index < -0.39 is 0 Å². The summed E-state index contributed by atoms with van der Waals surface area (Å²) in [5.41, 5.74) is 2.60. The molecule has 1 aromatic carbocycles. The smallest absolute Gasteiger partial charge is 0.223 e. The van der Waals surface area contributed by atoms with Crippen molar-refractivity contribution in [3.63, 3.8) is 0 Å². The van der Waals surface area contributed by atoms with Crippen LogP contribution in [0.1, 0.15) is 17.5 Å². The van der Waals surface area contributed by atoms with E-state index in [9.17, 15) is 4.79 Å². The van der Waals surface area contributed by atoms with Crippen LogP contribution in [0.4, 0.5) is 0 Å². The Bertz CT molecular complexity index is 577. The first kappa shape index (κ1) is 17.4. The molecule has 132 valence electrons. The first-order chi connectivity index (χ1) is 11.6. The topological polar surface area (TPSA) is 42.0 Å². The molecule has 0 radical (unpaired) electrons. The van der Waals surface area contributed by atoms with Gasteiger partial charge in [-0.15, -0.1) is 0 Å². The van der Waals surface area contributed by atoms with E-state index >= 15 is 0 Å². The average molecular weight is 332 g/mol. The molecule has 24 heavy (non-hydrogen) atoms. The molecule has 3 rings (SSSR count). The fourth-order valence-electron chi connectivity index (χ4n) is 3.83. The largest absolute Gasteiger partial charge is 0.383 e. The predicted octanol–water partition coefficient (Wildman–Crippen LogP) is 1.69. The summed E-state index contributed by atoms with van der Waals surface area (Å²) in [6.45, 7) is 8.37. The molecule has 1 spiro atoms. The molecule has 2 fully saturated rings. The second-order valence-corrected chi connectivity index (χ2v) is 7.17. The molecule has 2 aliphatic rings. The molecule has 0 bridgehead atoms. The van der Waals surface area contributed by atoms with Crippen LogP contribution in [0.2, 0.25) is 0 Å². The summed E-state index contributed by atoms with van der Waals surface area (Å²) in [5.74, 6) is 0.230. The van der Waals surface area contributed by atoms with Gasteiger partial charge in [0.05, 0.1) is 19.8 Å².